The van der Waals surface area contributed by atoms with Gasteiger partial charge in [0.05, 0.1) is 19.3 Å². The highest BCUT2D eigenvalue weighted by Crippen LogP contribution is 2.56. The molecule has 43 heavy (non-hydrogen) atoms. The van der Waals surface area contributed by atoms with Crippen molar-refractivity contribution in [2.24, 2.45) is 5.92 Å². The second kappa shape index (κ2) is 10.7. The lowest BCUT2D eigenvalue weighted by Gasteiger charge is -2.32. The van der Waals surface area contributed by atoms with Crippen LogP contribution in [0.4, 0.5) is 10.5 Å². The summed E-state index contributed by atoms with van der Waals surface area (Å²) >= 11 is 0. The van der Waals surface area contributed by atoms with Gasteiger partial charge in [0.1, 0.15) is 5.54 Å². The maximum atomic E-state index is 14.5. The number of urea groups is 1. The monoisotopic (exact) mass is 585 g/mol. The van der Waals surface area contributed by atoms with Gasteiger partial charge in [0.15, 0.2) is 11.5 Å². The first kappa shape index (κ1) is 27.9. The number of hydrogen-bond donors (Lipinski definition) is 2. The predicted molar refractivity (Wildman–Crippen MR) is 163 cm³/mol. The van der Waals surface area contributed by atoms with E-state index in [-0.39, 0.29) is 35.4 Å². The highest BCUT2D eigenvalue weighted by atomic mass is 16.5. The topological polar surface area (TPSA) is 100 Å². The minimum Gasteiger partial charge on any atom is -0.504 e. The van der Waals surface area contributed by atoms with Crippen molar-refractivity contribution in [2.45, 2.75) is 24.5 Å². The molecule has 1 spiro atoms. The van der Waals surface area contributed by atoms with Crippen LogP contribution in [-0.4, -0.2) is 114 Å². The zero-order valence-electron chi connectivity index (χ0n) is 24.8. The molecular formula is C33H39N5O5. The summed E-state index contributed by atoms with van der Waals surface area (Å²) in [5.74, 6) is -0.440. The Balaban J connectivity index is 1.24. The Bertz CT molecular complexity index is 1570. The van der Waals surface area contributed by atoms with Gasteiger partial charge < -0.3 is 24.7 Å². The van der Waals surface area contributed by atoms with Gasteiger partial charge in [-0.05, 0) is 41.1 Å². The molecule has 0 saturated carbocycles. The van der Waals surface area contributed by atoms with Crippen LogP contribution in [0.3, 0.4) is 0 Å². The van der Waals surface area contributed by atoms with Gasteiger partial charge in [0, 0.05) is 76.9 Å². The fourth-order valence-corrected chi connectivity index (χ4v) is 7.85. The lowest BCUT2D eigenvalue weighted by molar-refractivity contribution is -0.133. The van der Waals surface area contributed by atoms with Crippen molar-refractivity contribution in [2.75, 3.05) is 71.5 Å². The summed E-state index contributed by atoms with van der Waals surface area (Å²) < 4.78 is 5.49. The normalized spacial score (nSPS) is 26.0. The first-order chi connectivity index (χ1) is 20.8. The Morgan fingerprint density at radius 2 is 1.70 bits per heavy atom. The number of nitrogens with zero attached hydrogens (tertiary/aromatic N) is 5. The van der Waals surface area contributed by atoms with E-state index in [1.807, 2.05) is 31.1 Å². The SMILES string of the molecule is CN(C)c1ccc(C2C[C@@H]3CN(Cc4ccc(O)c(O)c4)C[C@]34C(=O)N(CCN3CCOCC3)C(=O)N24)c2ccccc12. The highest BCUT2D eigenvalue weighted by molar-refractivity contribution is 6.09. The molecule has 0 radical (unpaired) electrons. The summed E-state index contributed by atoms with van der Waals surface area (Å²) in [4.78, 5) is 38.8. The summed E-state index contributed by atoms with van der Waals surface area (Å²) in [5.41, 5.74) is 2.11. The Kier molecular flexibility index (Phi) is 6.95. The van der Waals surface area contributed by atoms with E-state index in [1.165, 1.54) is 11.0 Å². The molecule has 3 atom stereocenters. The van der Waals surface area contributed by atoms with Gasteiger partial charge in [-0.3, -0.25) is 19.5 Å². The molecule has 2 N–H and O–H groups in total. The fraction of sp³-hybridized carbons (Fsp3) is 0.455. The third kappa shape index (κ3) is 4.51. The molecule has 4 heterocycles. The minimum atomic E-state index is -0.937. The largest absolute Gasteiger partial charge is 0.504 e. The molecule has 3 aromatic carbocycles. The Labute approximate surface area is 251 Å². The predicted octanol–water partition coefficient (Wildman–Crippen LogP) is 3.23. The second-order valence-corrected chi connectivity index (χ2v) is 12.5. The van der Waals surface area contributed by atoms with Gasteiger partial charge in [-0.1, -0.05) is 36.4 Å². The number of likely N-dealkylation sites (tertiary alicyclic amines) is 1. The number of carbonyl (C=O) groups excluding carboxylic acids is 2. The lowest BCUT2D eigenvalue weighted by atomic mass is 9.87. The molecule has 4 aliphatic rings. The van der Waals surface area contributed by atoms with Gasteiger partial charge in [-0.25, -0.2) is 4.79 Å². The number of aromatic hydroxyl groups is 2. The van der Waals surface area contributed by atoms with Crippen LogP contribution >= 0.6 is 0 Å². The Morgan fingerprint density at radius 1 is 0.930 bits per heavy atom. The van der Waals surface area contributed by atoms with E-state index in [1.54, 1.807) is 12.1 Å². The maximum Gasteiger partial charge on any atom is 0.328 e. The van der Waals surface area contributed by atoms with Gasteiger partial charge in [0.25, 0.3) is 5.91 Å². The zero-order chi connectivity index (χ0) is 29.9. The van der Waals surface area contributed by atoms with E-state index in [0.29, 0.717) is 52.4 Å². The molecule has 3 aromatic rings. The molecule has 226 valence electrons. The number of anilines is 1. The van der Waals surface area contributed by atoms with E-state index in [2.05, 4.69) is 39.0 Å². The third-order valence-corrected chi connectivity index (χ3v) is 9.89. The second-order valence-electron chi connectivity index (χ2n) is 12.5. The quantitative estimate of drug-likeness (QED) is 0.322. The average molecular weight is 586 g/mol. The maximum absolute atomic E-state index is 14.5. The van der Waals surface area contributed by atoms with Gasteiger partial charge >= 0.3 is 6.03 Å². The van der Waals surface area contributed by atoms with Crippen LogP contribution in [0.5, 0.6) is 11.5 Å². The third-order valence-electron chi connectivity index (χ3n) is 9.89. The smallest absolute Gasteiger partial charge is 0.328 e. The summed E-state index contributed by atoms with van der Waals surface area (Å²) in [5, 5.41) is 22.1. The van der Waals surface area contributed by atoms with Crippen LogP contribution in [0.15, 0.2) is 54.6 Å². The fourth-order valence-electron chi connectivity index (χ4n) is 7.85. The van der Waals surface area contributed by atoms with Gasteiger partial charge in [-0.2, -0.15) is 0 Å². The number of imide groups is 1. The van der Waals surface area contributed by atoms with Gasteiger partial charge in [0.2, 0.25) is 0 Å². The molecule has 4 aliphatic heterocycles. The summed E-state index contributed by atoms with van der Waals surface area (Å²) in [7, 11) is 4.07. The molecule has 3 amide bonds. The molecule has 1 unspecified atom stereocenters. The van der Waals surface area contributed by atoms with Crippen molar-refractivity contribution >= 4 is 28.4 Å². The number of benzene rings is 3. The van der Waals surface area contributed by atoms with Crippen molar-refractivity contribution in [1.29, 1.82) is 0 Å². The molecule has 0 aromatic heterocycles. The average Bonchev–Trinajstić information content (AvgIpc) is 3.58. The number of phenols is 2. The van der Waals surface area contributed by atoms with Crippen molar-refractivity contribution in [3.8, 4) is 11.5 Å². The van der Waals surface area contributed by atoms with E-state index >= 15 is 0 Å². The summed E-state index contributed by atoms with van der Waals surface area (Å²) in [6.07, 6.45) is 0.706. The first-order valence-electron chi connectivity index (χ1n) is 15.2. The van der Waals surface area contributed by atoms with Crippen molar-refractivity contribution in [1.82, 2.24) is 19.6 Å². The van der Waals surface area contributed by atoms with Gasteiger partial charge in [-0.15, -0.1) is 0 Å². The molecule has 0 aliphatic carbocycles. The Morgan fingerprint density at radius 3 is 2.44 bits per heavy atom. The number of amides is 3. The van der Waals surface area contributed by atoms with Crippen LogP contribution in [0, 0.1) is 5.92 Å². The van der Waals surface area contributed by atoms with Crippen molar-refractivity contribution < 1.29 is 24.5 Å². The molecular weight excluding hydrogens is 546 g/mol. The number of carbonyl (C=O) groups is 2. The molecule has 10 nitrogen and oxygen atoms in total. The number of rotatable bonds is 7. The molecule has 4 fully saturated rings. The van der Waals surface area contributed by atoms with Crippen LogP contribution in [0.2, 0.25) is 0 Å². The zero-order valence-corrected chi connectivity index (χ0v) is 24.8. The number of phenolic OH excluding ortho intramolecular Hbond substituents is 2. The van der Waals surface area contributed by atoms with Crippen molar-refractivity contribution in [3.05, 3.63) is 65.7 Å². The number of hydrogen-bond acceptors (Lipinski definition) is 8. The van der Waals surface area contributed by atoms with Crippen LogP contribution < -0.4 is 4.90 Å². The lowest BCUT2D eigenvalue weighted by Crippen LogP contribution is -2.51. The van der Waals surface area contributed by atoms with Crippen molar-refractivity contribution in [3.63, 3.8) is 0 Å². The molecule has 7 rings (SSSR count). The van der Waals surface area contributed by atoms with Crippen LogP contribution in [-0.2, 0) is 16.1 Å². The number of morpholine rings is 1. The molecule has 10 heteroatoms. The first-order valence-corrected chi connectivity index (χ1v) is 15.2. The standard InChI is InChI=1S/C33H39N5O5/c1-34(2)27-9-8-26(24-5-3-4-6-25(24)27)28-18-23-20-36(19-22-7-10-29(39)30(40)17-22)21-33(23)31(41)37(32(42)38(28)33)12-11-35-13-15-43-16-14-35/h3-10,17,23,28,39-40H,11-16,18-21H2,1-2H3/t23-,28?,33-/m1/s1. The van der Waals surface area contributed by atoms with E-state index in [4.69, 9.17) is 4.74 Å². The van der Waals surface area contributed by atoms with E-state index < -0.39 is 5.54 Å². The molecule has 4 saturated heterocycles. The van der Waals surface area contributed by atoms with Crippen LogP contribution in [0.1, 0.15) is 23.6 Å². The Hall–Kier alpha value is -3.86. The summed E-state index contributed by atoms with van der Waals surface area (Å²) in [6.45, 7) is 5.54. The highest BCUT2D eigenvalue weighted by Gasteiger charge is 2.70. The number of ether oxygens (including phenoxy) is 1. The molecule has 0 bridgehead atoms. The van der Waals surface area contributed by atoms with Crippen LogP contribution in [0.25, 0.3) is 10.8 Å². The van der Waals surface area contributed by atoms with E-state index in [9.17, 15) is 19.8 Å². The number of fused-ring (bicyclic) bond motifs is 1. The van der Waals surface area contributed by atoms with E-state index in [0.717, 1.165) is 40.7 Å². The summed E-state index contributed by atoms with van der Waals surface area (Å²) in [6, 6.07) is 17.0. The minimum absolute atomic E-state index is 0.0275.